The lowest BCUT2D eigenvalue weighted by Gasteiger charge is -2.20. The molecule has 0 fully saturated rings. The number of halogens is 4. The number of carbonyl (C=O) groups excluding carboxylic acids is 2. The highest BCUT2D eigenvalue weighted by atomic mass is 35.5. The van der Waals surface area contributed by atoms with Crippen molar-refractivity contribution < 1.29 is 27.2 Å². The van der Waals surface area contributed by atoms with Gasteiger partial charge < -0.3 is 15.1 Å². The Hall–Kier alpha value is -3.69. The molecule has 3 aromatic carbocycles. The molecule has 184 valence electrons. The maximum absolute atomic E-state index is 13.5. The zero-order chi connectivity index (χ0) is 25.7. The second-order valence-corrected chi connectivity index (χ2v) is 9.16. The lowest BCUT2D eigenvalue weighted by Crippen LogP contribution is -2.21. The van der Waals surface area contributed by atoms with Gasteiger partial charge in [0.25, 0.3) is 5.91 Å². The highest BCUT2D eigenvalue weighted by molar-refractivity contribution is 8.00. The first-order valence-electron chi connectivity index (χ1n) is 10.5. The van der Waals surface area contributed by atoms with Crippen LogP contribution in [0.5, 0.6) is 0 Å². The first-order valence-corrected chi connectivity index (χ1v) is 11.8. The number of hydrogen-bond donors (Lipinski definition) is 2. The van der Waals surface area contributed by atoms with E-state index in [0.29, 0.717) is 16.1 Å². The monoisotopic (exact) mass is 530 g/mol. The molecule has 0 saturated heterocycles. The molecule has 5 nitrogen and oxygen atoms in total. The predicted octanol–water partition coefficient (Wildman–Crippen LogP) is 7.68. The van der Waals surface area contributed by atoms with Crippen molar-refractivity contribution in [3.63, 3.8) is 0 Å². The number of anilines is 2. The molecular weight excluding hydrogens is 513 g/mol. The molecule has 0 aliphatic carbocycles. The smallest absolute Gasteiger partial charge is 0.418 e. The van der Waals surface area contributed by atoms with Gasteiger partial charge in [-0.2, -0.15) is 13.2 Å². The van der Waals surface area contributed by atoms with E-state index in [1.165, 1.54) is 18.4 Å². The van der Waals surface area contributed by atoms with Crippen LogP contribution in [0.15, 0.2) is 101 Å². The third-order valence-electron chi connectivity index (χ3n) is 4.98. The number of amides is 2. The quantitative estimate of drug-likeness (QED) is 0.240. The van der Waals surface area contributed by atoms with Crippen LogP contribution in [-0.4, -0.2) is 11.8 Å². The molecule has 1 heterocycles. The van der Waals surface area contributed by atoms with Crippen molar-refractivity contribution in [3.05, 3.63) is 113 Å². The summed E-state index contributed by atoms with van der Waals surface area (Å²) in [6, 6.07) is 21.7. The largest absolute Gasteiger partial charge is 0.459 e. The summed E-state index contributed by atoms with van der Waals surface area (Å²) >= 11 is 6.89. The molecule has 36 heavy (non-hydrogen) atoms. The van der Waals surface area contributed by atoms with Crippen LogP contribution in [0.1, 0.15) is 26.9 Å². The van der Waals surface area contributed by atoms with Gasteiger partial charge in [-0.15, -0.1) is 11.8 Å². The minimum atomic E-state index is -4.70. The number of hydrogen-bond acceptors (Lipinski definition) is 4. The van der Waals surface area contributed by atoms with E-state index in [1.807, 2.05) is 0 Å². The van der Waals surface area contributed by atoms with Crippen molar-refractivity contribution in [2.45, 2.75) is 16.3 Å². The number of carbonyl (C=O) groups is 2. The van der Waals surface area contributed by atoms with Crippen LogP contribution >= 0.6 is 23.4 Å². The summed E-state index contributed by atoms with van der Waals surface area (Å²) in [7, 11) is 0. The molecular formula is C26H18ClF3N2O3S. The Balaban J connectivity index is 1.59. The fraction of sp³-hybridized carbons (Fsp3) is 0.0769. The van der Waals surface area contributed by atoms with Gasteiger partial charge in [-0.05, 0) is 54.1 Å². The van der Waals surface area contributed by atoms with E-state index in [9.17, 15) is 22.8 Å². The van der Waals surface area contributed by atoms with E-state index < -0.39 is 34.5 Å². The average Bonchev–Trinajstić information content (AvgIpc) is 3.39. The average molecular weight is 531 g/mol. The molecule has 2 amide bonds. The normalized spacial score (nSPS) is 12.1. The van der Waals surface area contributed by atoms with Crippen molar-refractivity contribution in [2.24, 2.45) is 0 Å². The minimum absolute atomic E-state index is 0.0947. The summed E-state index contributed by atoms with van der Waals surface area (Å²) in [4.78, 5) is 26.2. The topological polar surface area (TPSA) is 71.3 Å². The molecule has 10 heteroatoms. The maximum atomic E-state index is 13.5. The van der Waals surface area contributed by atoms with Gasteiger partial charge in [0.2, 0.25) is 5.91 Å². The fourth-order valence-electron chi connectivity index (χ4n) is 3.34. The Bertz CT molecular complexity index is 1360. The third kappa shape index (κ3) is 6.30. The fourth-order valence-corrected chi connectivity index (χ4v) is 4.60. The highest BCUT2D eigenvalue weighted by Crippen LogP contribution is 2.40. The summed E-state index contributed by atoms with van der Waals surface area (Å²) in [5, 5.41) is 4.14. The molecule has 4 rings (SSSR count). The van der Waals surface area contributed by atoms with E-state index in [-0.39, 0.29) is 10.8 Å². The van der Waals surface area contributed by atoms with Gasteiger partial charge in [-0.1, -0.05) is 48.0 Å². The zero-order valence-corrected chi connectivity index (χ0v) is 20.0. The SMILES string of the molecule is O=C(Nc1cccc(SC(C(=O)Nc2ccc(Cl)cc2C(F)(F)F)c2ccccc2)c1)c1ccco1. The van der Waals surface area contributed by atoms with Gasteiger partial charge in [0, 0.05) is 15.6 Å². The summed E-state index contributed by atoms with van der Waals surface area (Å²) < 4.78 is 45.7. The predicted molar refractivity (Wildman–Crippen MR) is 133 cm³/mol. The summed E-state index contributed by atoms with van der Waals surface area (Å²) in [6.45, 7) is 0. The first-order chi connectivity index (χ1) is 17.2. The first kappa shape index (κ1) is 25.4. The summed E-state index contributed by atoms with van der Waals surface area (Å²) in [6.07, 6.45) is -3.32. The summed E-state index contributed by atoms with van der Waals surface area (Å²) in [5.41, 5.74) is -0.376. The number of furan rings is 1. The molecule has 1 unspecified atom stereocenters. The Kier molecular flexibility index (Phi) is 7.71. The zero-order valence-electron chi connectivity index (χ0n) is 18.4. The molecule has 1 aromatic heterocycles. The van der Waals surface area contributed by atoms with E-state index in [0.717, 1.165) is 23.9 Å². The highest BCUT2D eigenvalue weighted by Gasteiger charge is 2.35. The van der Waals surface area contributed by atoms with Gasteiger partial charge in [-0.25, -0.2) is 0 Å². The molecule has 1 atom stereocenters. The molecule has 0 spiro atoms. The summed E-state index contributed by atoms with van der Waals surface area (Å²) in [5.74, 6) is -0.955. The van der Waals surface area contributed by atoms with Crippen LogP contribution < -0.4 is 10.6 Å². The van der Waals surface area contributed by atoms with Gasteiger partial charge in [-0.3, -0.25) is 9.59 Å². The Morgan fingerprint density at radius 2 is 1.67 bits per heavy atom. The Morgan fingerprint density at radius 3 is 2.36 bits per heavy atom. The van der Waals surface area contributed by atoms with Gasteiger partial charge in [0.15, 0.2) is 5.76 Å². The van der Waals surface area contributed by atoms with E-state index in [1.54, 1.807) is 60.7 Å². The molecule has 0 aliphatic heterocycles. The minimum Gasteiger partial charge on any atom is -0.459 e. The number of alkyl halides is 3. The Labute approximate surface area is 213 Å². The van der Waals surface area contributed by atoms with Crippen molar-refractivity contribution in [3.8, 4) is 0 Å². The van der Waals surface area contributed by atoms with E-state index >= 15 is 0 Å². The van der Waals surface area contributed by atoms with Gasteiger partial charge in [0.05, 0.1) is 17.5 Å². The maximum Gasteiger partial charge on any atom is 0.418 e. The molecule has 4 aromatic rings. The van der Waals surface area contributed by atoms with E-state index in [2.05, 4.69) is 10.6 Å². The van der Waals surface area contributed by atoms with Crippen molar-refractivity contribution in [1.82, 2.24) is 0 Å². The van der Waals surface area contributed by atoms with E-state index in [4.69, 9.17) is 16.0 Å². The number of thioether (sulfide) groups is 1. The van der Waals surface area contributed by atoms with Crippen molar-refractivity contribution >= 4 is 46.6 Å². The van der Waals surface area contributed by atoms with Crippen LogP contribution in [0, 0.1) is 0 Å². The Morgan fingerprint density at radius 1 is 0.889 bits per heavy atom. The number of benzene rings is 3. The van der Waals surface area contributed by atoms with Crippen LogP contribution in [0.4, 0.5) is 24.5 Å². The van der Waals surface area contributed by atoms with Gasteiger partial charge >= 0.3 is 6.18 Å². The lowest BCUT2D eigenvalue weighted by molar-refractivity contribution is -0.137. The molecule has 0 radical (unpaired) electrons. The second-order valence-electron chi connectivity index (χ2n) is 7.54. The molecule has 0 bridgehead atoms. The molecule has 2 N–H and O–H groups in total. The van der Waals surface area contributed by atoms with Crippen LogP contribution in [0.25, 0.3) is 0 Å². The van der Waals surface area contributed by atoms with Crippen molar-refractivity contribution in [2.75, 3.05) is 10.6 Å². The third-order valence-corrected chi connectivity index (χ3v) is 6.46. The number of rotatable bonds is 7. The number of nitrogens with one attached hydrogen (secondary N) is 2. The van der Waals surface area contributed by atoms with Gasteiger partial charge in [0.1, 0.15) is 5.25 Å². The standard InChI is InChI=1S/C26H18ClF3N2O3S/c27-17-11-12-21(20(14-17)26(28,29)30)32-25(34)23(16-6-2-1-3-7-16)36-19-9-4-8-18(15-19)31-24(33)22-10-5-13-35-22/h1-15,23H,(H,31,33)(H,32,34). The molecule has 0 aliphatic rings. The molecule has 0 saturated carbocycles. The van der Waals surface area contributed by atoms with Crippen LogP contribution in [-0.2, 0) is 11.0 Å². The van der Waals surface area contributed by atoms with Crippen molar-refractivity contribution in [1.29, 1.82) is 0 Å². The van der Waals surface area contributed by atoms with Crippen LogP contribution in [0.2, 0.25) is 5.02 Å². The second kappa shape index (κ2) is 10.9. The lowest BCUT2D eigenvalue weighted by atomic mass is 10.1. The van der Waals surface area contributed by atoms with Crippen LogP contribution in [0.3, 0.4) is 0 Å².